The molecule has 1 amide bonds. The minimum absolute atomic E-state index is 0.101. The molecule has 0 aromatic rings. The van der Waals surface area contributed by atoms with Crippen molar-refractivity contribution in [3.8, 4) is 0 Å². The summed E-state index contributed by atoms with van der Waals surface area (Å²) in [6, 6.07) is -2.33. The Morgan fingerprint density at radius 1 is 1.18 bits per heavy atom. The number of hydrogen-bond acceptors (Lipinski definition) is 4. The Morgan fingerprint density at radius 2 is 1.71 bits per heavy atom. The van der Waals surface area contributed by atoms with Crippen LogP contribution in [0.25, 0.3) is 0 Å². The molecule has 0 heterocycles. The van der Waals surface area contributed by atoms with Gasteiger partial charge in [-0.25, -0.2) is 4.79 Å². The monoisotopic (exact) mass is 246 g/mol. The van der Waals surface area contributed by atoms with Crippen LogP contribution in [-0.4, -0.2) is 40.1 Å². The first-order valence-corrected chi connectivity index (χ1v) is 5.24. The summed E-state index contributed by atoms with van der Waals surface area (Å²) in [5.74, 6) is -3.01. The van der Waals surface area contributed by atoms with Crippen molar-refractivity contribution in [3.63, 3.8) is 0 Å². The number of nitrogens with two attached hydrogens (primary N) is 1. The first kappa shape index (κ1) is 15.4. The zero-order chi connectivity index (χ0) is 13.6. The van der Waals surface area contributed by atoms with E-state index >= 15 is 0 Å². The second-order valence-electron chi connectivity index (χ2n) is 4.24. The van der Waals surface area contributed by atoms with E-state index in [0.717, 1.165) is 0 Å². The summed E-state index contributed by atoms with van der Waals surface area (Å²) in [7, 11) is 0. The largest absolute Gasteiger partial charge is 0.480 e. The molecule has 0 saturated heterocycles. The third-order valence-electron chi connectivity index (χ3n) is 2.06. The van der Waals surface area contributed by atoms with Gasteiger partial charge >= 0.3 is 11.9 Å². The fourth-order valence-corrected chi connectivity index (χ4v) is 1.23. The Hall–Kier alpha value is -1.63. The van der Waals surface area contributed by atoms with Crippen molar-refractivity contribution in [2.24, 2.45) is 11.7 Å². The van der Waals surface area contributed by atoms with E-state index in [-0.39, 0.29) is 12.3 Å². The molecule has 0 spiro atoms. The molecule has 0 bridgehead atoms. The highest BCUT2D eigenvalue weighted by atomic mass is 16.4. The van der Waals surface area contributed by atoms with Crippen LogP contribution in [0.5, 0.6) is 0 Å². The average molecular weight is 246 g/mol. The molecule has 0 aliphatic carbocycles. The lowest BCUT2D eigenvalue weighted by Crippen LogP contribution is -2.44. The molecule has 7 heteroatoms. The van der Waals surface area contributed by atoms with E-state index < -0.39 is 36.4 Å². The van der Waals surface area contributed by atoms with Crippen LogP contribution < -0.4 is 11.1 Å². The highest BCUT2D eigenvalue weighted by molar-refractivity contribution is 5.87. The van der Waals surface area contributed by atoms with E-state index in [1.165, 1.54) is 0 Å². The van der Waals surface area contributed by atoms with E-state index in [1.807, 2.05) is 13.8 Å². The molecule has 0 rings (SSSR count). The average Bonchev–Trinajstić information content (AvgIpc) is 2.15. The number of aliphatic carboxylic acids is 2. The van der Waals surface area contributed by atoms with Gasteiger partial charge in [-0.3, -0.25) is 9.59 Å². The molecular formula is C10H18N2O5. The lowest BCUT2D eigenvalue weighted by Gasteiger charge is -2.17. The zero-order valence-corrected chi connectivity index (χ0v) is 9.84. The van der Waals surface area contributed by atoms with Gasteiger partial charge in [-0.2, -0.15) is 0 Å². The Morgan fingerprint density at radius 3 is 2.06 bits per heavy atom. The van der Waals surface area contributed by atoms with Crippen molar-refractivity contribution in [1.29, 1.82) is 0 Å². The minimum atomic E-state index is -1.32. The van der Waals surface area contributed by atoms with E-state index in [4.69, 9.17) is 15.9 Å². The van der Waals surface area contributed by atoms with Crippen LogP contribution in [0.15, 0.2) is 0 Å². The Balaban J connectivity index is 4.31. The first-order valence-electron chi connectivity index (χ1n) is 5.24. The number of carboxylic acid groups (broad SMARTS) is 2. The Bertz CT molecular complexity index is 303. The van der Waals surface area contributed by atoms with Crippen molar-refractivity contribution in [2.45, 2.75) is 38.8 Å². The van der Waals surface area contributed by atoms with E-state index in [9.17, 15) is 14.4 Å². The maximum absolute atomic E-state index is 11.3. The smallest absolute Gasteiger partial charge is 0.326 e. The molecule has 0 aromatic carbocycles. The predicted octanol–water partition coefficient (Wildman–Crippen LogP) is -0.596. The molecule has 2 atom stereocenters. The molecule has 0 fully saturated rings. The first-order chi connectivity index (χ1) is 7.73. The van der Waals surface area contributed by atoms with Gasteiger partial charge in [-0.1, -0.05) is 13.8 Å². The number of nitrogens with one attached hydrogen (secondary N) is 1. The molecule has 0 saturated carbocycles. The van der Waals surface area contributed by atoms with Crippen molar-refractivity contribution >= 4 is 17.8 Å². The SMILES string of the molecule is CC(C)C[C@H](NC(=O)C[C@H](N)C(=O)O)C(=O)O. The van der Waals surface area contributed by atoms with Gasteiger partial charge in [-0.15, -0.1) is 0 Å². The van der Waals surface area contributed by atoms with Gasteiger partial charge in [0.2, 0.25) is 5.91 Å². The third-order valence-corrected chi connectivity index (χ3v) is 2.06. The van der Waals surface area contributed by atoms with Gasteiger partial charge in [0, 0.05) is 0 Å². The highest BCUT2D eigenvalue weighted by Gasteiger charge is 2.23. The number of hydrogen-bond donors (Lipinski definition) is 4. The van der Waals surface area contributed by atoms with Crippen molar-refractivity contribution in [1.82, 2.24) is 5.32 Å². The number of carbonyl (C=O) groups excluding carboxylic acids is 1. The normalized spacial score (nSPS) is 14.1. The van der Waals surface area contributed by atoms with Gasteiger partial charge in [0.1, 0.15) is 12.1 Å². The topological polar surface area (TPSA) is 130 Å². The van der Waals surface area contributed by atoms with Crippen LogP contribution in [0.2, 0.25) is 0 Å². The zero-order valence-electron chi connectivity index (χ0n) is 9.84. The predicted molar refractivity (Wildman–Crippen MR) is 59.2 cm³/mol. The van der Waals surface area contributed by atoms with Gasteiger partial charge in [-0.05, 0) is 12.3 Å². The summed E-state index contributed by atoms with van der Waals surface area (Å²) in [6.45, 7) is 3.65. The molecule has 17 heavy (non-hydrogen) atoms. The lowest BCUT2D eigenvalue weighted by atomic mass is 10.0. The molecule has 0 aliphatic heterocycles. The fourth-order valence-electron chi connectivity index (χ4n) is 1.23. The lowest BCUT2D eigenvalue weighted by molar-refractivity contribution is -0.143. The molecule has 0 aliphatic rings. The molecule has 0 aromatic heterocycles. The molecule has 7 nitrogen and oxygen atoms in total. The maximum Gasteiger partial charge on any atom is 0.326 e. The van der Waals surface area contributed by atoms with Crippen molar-refractivity contribution in [2.75, 3.05) is 0 Å². The van der Waals surface area contributed by atoms with Crippen molar-refractivity contribution in [3.05, 3.63) is 0 Å². The quantitative estimate of drug-likeness (QED) is 0.474. The van der Waals surface area contributed by atoms with E-state index in [0.29, 0.717) is 0 Å². The van der Waals surface area contributed by atoms with Gasteiger partial charge in [0.25, 0.3) is 0 Å². The number of amides is 1. The third kappa shape index (κ3) is 6.52. The summed E-state index contributed by atoms with van der Waals surface area (Å²) < 4.78 is 0. The summed E-state index contributed by atoms with van der Waals surface area (Å²) in [5, 5.41) is 19.6. The van der Waals surface area contributed by atoms with Crippen LogP contribution >= 0.6 is 0 Å². The summed E-state index contributed by atoms with van der Waals surface area (Å²) >= 11 is 0. The van der Waals surface area contributed by atoms with Gasteiger partial charge < -0.3 is 21.3 Å². The van der Waals surface area contributed by atoms with Crippen LogP contribution in [0.3, 0.4) is 0 Å². The highest BCUT2D eigenvalue weighted by Crippen LogP contribution is 2.05. The molecule has 0 radical (unpaired) electrons. The second kappa shape index (κ2) is 6.85. The van der Waals surface area contributed by atoms with E-state index in [1.54, 1.807) is 0 Å². The number of rotatable bonds is 7. The molecule has 0 unspecified atom stereocenters. The van der Waals surface area contributed by atoms with Crippen LogP contribution in [0.1, 0.15) is 26.7 Å². The van der Waals surface area contributed by atoms with E-state index in [2.05, 4.69) is 5.32 Å². The van der Waals surface area contributed by atoms with Crippen LogP contribution in [0.4, 0.5) is 0 Å². The number of carbonyl (C=O) groups is 3. The summed E-state index contributed by atoms with van der Waals surface area (Å²) in [5.41, 5.74) is 5.16. The van der Waals surface area contributed by atoms with Gasteiger partial charge in [0.05, 0.1) is 6.42 Å². The van der Waals surface area contributed by atoms with Crippen molar-refractivity contribution < 1.29 is 24.6 Å². The van der Waals surface area contributed by atoms with Gasteiger partial charge in [0.15, 0.2) is 0 Å². The maximum atomic E-state index is 11.3. The number of carboxylic acids is 2. The summed E-state index contributed by atoms with van der Waals surface area (Å²) in [6.07, 6.45) is -0.152. The van der Waals surface area contributed by atoms with Crippen LogP contribution in [-0.2, 0) is 14.4 Å². The molecule has 5 N–H and O–H groups in total. The standard InChI is InChI=1S/C10H18N2O5/c1-5(2)3-7(10(16)17)12-8(13)4-6(11)9(14)15/h5-7H,3-4,11H2,1-2H3,(H,12,13)(H,14,15)(H,16,17)/t6-,7-/m0/s1. The fraction of sp³-hybridized carbons (Fsp3) is 0.700. The second-order valence-corrected chi connectivity index (χ2v) is 4.24. The Kier molecular flexibility index (Phi) is 6.19. The summed E-state index contributed by atoms with van der Waals surface area (Å²) in [4.78, 5) is 32.6. The molecule has 98 valence electrons. The van der Waals surface area contributed by atoms with Crippen LogP contribution in [0, 0.1) is 5.92 Å². The molecular weight excluding hydrogens is 228 g/mol. The Labute approximate surface area is 99.0 Å². The minimum Gasteiger partial charge on any atom is -0.480 e.